The van der Waals surface area contributed by atoms with Crippen molar-refractivity contribution >= 4 is 46.0 Å². The highest BCUT2D eigenvalue weighted by Crippen LogP contribution is 2.44. The van der Waals surface area contributed by atoms with Gasteiger partial charge in [-0.3, -0.25) is 29.0 Å². The molecule has 130 valence electrons. The van der Waals surface area contributed by atoms with Crippen LogP contribution in [0.2, 0.25) is 0 Å². The molecule has 0 spiro atoms. The first-order chi connectivity index (χ1) is 12.0. The Labute approximate surface area is 148 Å². The highest BCUT2D eigenvalue weighted by atomic mass is 32.2. The smallest absolute Gasteiger partial charge is 0.323 e. The molecule has 25 heavy (non-hydrogen) atoms. The second-order valence-corrected chi connectivity index (χ2v) is 6.65. The van der Waals surface area contributed by atoms with Gasteiger partial charge in [-0.15, -0.1) is 0 Å². The van der Waals surface area contributed by atoms with Crippen LogP contribution in [0.15, 0.2) is 29.2 Å². The van der Waals surface area contributed by atoms with E-state index in [4.69, 9.17) is 5.11 Å². The van der Waals surface area contributed by atoms with E-state index in [0.29, 0.717) is 24.2 Å². The van der Waals surface area contributed by atoms with Crippen LogP contribution in [0, 0.1) is 0 Å². The van der Waals surface area contributed by atoms with Crippen LogP contribution >= 0.6 is 11.8 Å². The quantitative estimate of drug-likeness (QED) is 0.810. The van der Waals surface area contributed by atoms with Gasteiger partial charge in [-0.25, -0.2) is 0 Å². The highest BCUT2D eigenvalue weighted by molar-refractivity contribution is 8.18. The molecule has 2 aliphatic rings. The van der Waals surface area contributed by atoms with E-state index in [-0.39, 0.29) is 10.5 Å². The minimum atomic E-state index is -1.15. The van der Waals surface area contributed by atoms with E-state index in [2.05, 4.69) is 0 Å². The summed E-state index contributed by atoms with van der Waals surface area (Å²) in [5.74, 6) is -2.20. The molecule has 1 fully saturated rings. The van der Waals surface area contributed by atoms with Crippen molar-refractivity contribution in [2.75, 3.05) is 18.0 Å². The monoisotopic (exact) mass is 360 g/mol. The second kappa shape index (κ2) is 6.72. The third-order valence-electron chi connectivity index (χ3n) is 4.03. The molecule has 2 aliphatic heterocycles. The fourth-order valence-electron chi connectivity index (χ4n) is 2.85. The standard InChI is InChI=1S/C17H16N2O5S/c1-2-3-8-18-16(23)14(25-17(18)24)13-10-6-4-5-7-11(10)19(15(13)22)9-12(20)21/h4-7H,2-3,8-9H2,1H3,(H,20,21). The Bertz CT molecular complexity index is 817. The van der Waals surface area contributed by atoms with Crippen molar-refractivity contribution in [3.8, 4) is 0 Å². The van der Waals surface area contributed by atoms with E-state index in [1.54, 1.807) is 24.3 Å². The van der Waals surface area contributed by atoms with Gasteiger partial charge in [0.1, 0.15) is 6.54 Å². The van der Waals surface area contributed by atoms with Crippen LogP contribution in [-0.4, -0.2) is 46.1 Å². The summed E-state index contributed by atoms with van der Waals surface area (Å²) in [6.45, 7) is 1.77. The minimum absolute atomic E-state index is 0.0754. The molecule has 0 saturated carbocycles. The second-order valence-electron chi connectivity index (χ2n) is 5.68. The van der Waals surface area contributed by atoms with Crippen LogP contribution in [0.5, 0.6) is 0 Å². The summed E-state index contributed by atoms with van der Waals surface area (Å²) in [5, 5.41) is 8.66. The lowest BCUT2D eigenvalue weighted by Crippen LogP contribution is -2.33. The van der Waals surface area contributed by atoms with Gasteiger partial charge in [0.2, 0.25) is 0 Å². The Morgan fingerprint density at radius 2 is 1.84 bits per heavy atom. The number of unbranched alkanes of at least 4 members (excludes halogenated alkanes) is 1. The van der Waals surface area contributed by atoms with Gasteiger partial charge in [-0.05, 0) is 24.2 Å². The zero-order valence-electron chi connectivity index (χ0n) is 13.5. The summed E-state index contributed by atoms with van der Waals surface area (Å²) >= 11 is 0.740. The normalized spacial score (nSPS) is 19.8. The van der Waals surface area contributed by atoms with Crippen LogP contribution < -0.4 is 4.90 Å². The Kier molecular flexibility index (Phi) is 4.63. The number of carbonyl (C=O) groups excluding carboxylic acids is 3. The first-order valence-corrected chi connectivity index (χ1v) is 8.68. The Morgan fingerprint density at radius 1 is 1.12 bits per heavy atom. The van der Waals surface area contributed by atoms with Crippen LogP contribution in [0.3, 0.4) is 0 Å². The van der Waals surface area contributed by atoms with E-state index >= 15 is 0 Å². The number of aliphatic carboxylic acids is 1. The van der Waals surface area contributed by atoms with E-state index in [9.17, 15) is 19.2 Å². The van der Waals surface area contributed by atoms with Crippen LogP contribution in [0.4, 0.5) is 10.5 Å². The number of carbonyl (C=O) groups is 4. The zero-order chi connectivity index (χ0) is 18.1. The van der Waals surface area contributed by atoms with Crippen molar-refractivity contribution in [1.82, 2.24) is 4.90 Å². The number of nitrogens with zero attached hydrogens (tertiary/aromatic N) is 2. The number of rotatable bonds is 5. The van der Waals surface area contributed by atoms with Crippen molar-refractivity contribution in [3.63, 3.8) is 0 Å². The molecule has 1 saturated heterocycles. The summed E-state index contributed by atoms with van der Waals surface area (Å²) in [6.07, 6.45) is 1.53. The minimum Gasteiger partial charge on any atom is -0.480 e. The Hall–Kier alpha value is -2.61. The Balaban J connectivity index is 2.06. The Morgan fingerprint density at radius 3 is 2.52 bits per heavy atom. The maximum Gasteiger partial charge on any atom is 0.323 e. The third kappa shape index (κ3) is 2.93. The molecule has 0 atom stereocenters. The van der Waals surface area contributed by atoms with Gasteiger partial charge in [-0.2, -0.15) is 0 Å². The third-order valence-corrected chi connectivity index (χ3v) is 5.01. The van der Waals surface area contributed by atoms with Crippen molar-refractivity contribution in [3.05, 3.63) is 34.7 Å². The summed E-state index contributed by atoms with van der Waals surface area (Å²) in [5.41, 5.74) is 1.03. The van der Waals surface area contributed by atoms with Crippen molar-refractivity contribution in [2.24, 2.45) is 0 Å². The molecule has 0 aliphatic carbocycles. The molecule has 3 amide bonds. The van der Waals surface area contributed by atoms with Crippen molar-refractivity contribution in [1.29, 1.82) is 0 Å². The number of amides is 3. The van der Waals surface area contributed by atoms with Gasteiger partial charge in [0.15, 0.2) is 0 Å². The summed E-state index contributed by atoms with van der Waals surface area (Å²) in [7, 11) is 0. The molecular weight excluding hydrogens is 344 g/mol. The number of imide groups is 1. The summed E-state index contributed by atoms with van der Waals surface area (Å²) in [6, 6.07) is 6.68. The molecule has 1 aromatic rings. The van der Waals surface area contributed by atoms with Crippen LogP contribution in [-0.2, 0) is 14.4 Å². The molecule has 1 aromatic carbocycles. The van der Waals surface area contributed by atoms with Gasteiger partial charge in [-0.1, -0.05) is 31.5 Å². The first kappa shape index (κ1) is 17.2. The molecule has 2 heterocycles. The predicted octanol–water partition coefficient (Wildman–Crippen LogP) is 2.32. The number of hydrogen-bond donors (Lipinski definition) is 1. The summed E-state index contributed by atoms with van der Waals surface area (Å²) in [4.78, 5) is 51.0. The van der Waals surface area contributed by atoms with Crippen molar-refractivity contribution in [2.45, 2.75) is 19.8 Å². The summed E-state index contributed by atoms with van der Waals surface area (Å²) < 4.78 is 0. The molecule has 0 bridgehead atoms. The van der Waals surface area contributed by atoms with Gasteiger partial charge in [0.25, 0.3) is 17.1 Å². The number of carboxylic acid groups (broad SMARTS) is 1. The number of carboxylic acids is 1. The molecule has 0 radical (unpaired) electrons. The number of thioether (sulfide) groups is 1. The van der Waals surface area contributed by atoms with Crippen molar-refractivity contribution < 1.29 is 24.3 Å². The average molecular weight is 360 g/mol. The largest absolute Gasteiger partial charge is 0.480 e. The van der Waals surface area contributed by atoms with Gasteiger partial charge in [0, 0.05) is 12.1 Å². The highest BCUT2D eigenvalue weighted by Gasteiger charge is 2.43. The zero-order valence-corrected chi connectivity index (χ0v) is 14.3. The molecule has 3 rings (SSSR count). The molecule has 0 unspecified atom stereocenters. The molecular formula is C17H16N2O5S. The molecule has 0 aromatic heterocycles. The van der Waals surface area contributed by atoms with E-state index < -0.39 is 29.6 Å². The number of hydrogen-bond acceptors (Lipinski definition) is 5. The molecule has 1 N–H and O–H groups in total. The van der Waals surface area contributed by atoms with Crippen LogP contribution in [0.1, 0.15) is 25.3 Å². The van der Waals surface area contributed by atoms with E-state index in [1.807, 2.05) is 6.92 Å². The topological polar surface area (TPSA) is 95.0 Å². The SMILES string of the molecule is CCCCN1C(=O)SC(=C2C(=O)N(CC(=O)O)c3ccccc32)C1=O. The average Bonchev–Trinajstić information content (AvgIpc) is 3.00. The number of fused-ring (bicyclic) bond motifs is 1. The maximum atomic E-state index is 12.8. The number of benzene rings is 1. The van der Waals surface area contributed by atoms with Gasteiger partial charge >= 0.3 is 5.97 Å². The lowest BCUT2D eigenvalue weighted by molar-refractivity contribution is -0.136. The fourth-order valence-corrected chi connectivity index (χ4v) is 3.81. The lowest BCUT2D eigenvalue weighted by atomic mass is 10.1. The van der Waals surface area contributed by atoms with E-state index in [0.717, 1.165) is 28.0 Å². The molecule has 7 nitrogen and oxygen atoms in total. The maximum absolute atomic E-state index is 12.8. The number of para-hydroxylation sites is 1. The van der Waals surface area contributed by atoms with Crippen LogP contribution in [0.25, 0.3) is 5.57 Å². The number of anilines is 1. The lowest BCUT2D eigenvalue weighted by Gasteiger charge is -2.13. The van der Waals surface area contributed by atoms with Gasteiger partial charge < -0.3 is 5.11 Å². The first-order valence-electron chi connectivity index (χ1n) is 7.86. The van der Waals surface area contributed by atoms with E-state index in [1.165, 1.54) is 0 Å². The molecule has 8 heteroatoms. The van der Waals surface area contributed by atoms with Gasteiger partial charge in [0.05, 0.1) is 16.2 Å². The predicted molar refractivity (Wildman–Crippen MR) is 93.0 cm³/mol. The fraction of sp³-hybridized carbons (Fsp3) is 0.294.